The maximum absolute atomic E-state index is 13.5. The van der Waals surface area contributed by atoms with Gasteiger partial charge in [0.15, 0.2) is 11.5 Å². The molecule has 3 N–H and O–H groups in total. The molecule has 210 valence electrons. The zero-order chi connectivity index (χ0) is 27.2. The van der Waals surface area contributed by atoms with Gasteiger partial charge in [-0.05, 0) is 43.5 Å². The van der Waals surface area contributed by atoms with E-state index in [-0.39, 0.29) is 31.7 Å². The van der Waals surface area contributed by atoms with Gasteiger partial charge < -0.3 is 34.9 Å². The molecule has 2 saturated heterocycles. The smallest absolute Gasteiger partial charge is 0.308 e. The summed E-state index contributed by atoms with van der Waals surface area (Å²) < 4.78 is 16.6. The lowest BCUT2D eigenvalue weighted by molar-refractivity contribution is -0.144. The van der Waals surface area contributed by atoms with Crippen molar-refractivity contribution in [2.75, 3.05) is 59.7 Å². The molecule has 2 fully saturated rings. The Morgan fingerprint density at radius 2 is 2.03 bits per heavy atom. The number of amides is 2. The van der Waals surface area contributed by atoms with Gasteiger partial charge in [-0.2, -0.15) is 0 Å². The summed E-state index contributed by atoms with van der Waals surface area (Å²) in [6.07, 6.45) is 3.79. The van der Waals surface area contributed by atoms with Crippen molar-refractivity contribution in [2.24, 2.45) is 11.7 Å². The Morgan fingerprint density at radius 3 is 2.68 bits per heavy atom. The molecular weight excluding hydrogens is 492 g/mol. The third-order valence-corrected chi connectivity index (χ3v) is 7.83. The summed E-state index contributed by atoms with van der Waals surface area (Å²) in [5.74, 6) is -0.736. The average molecular weight is 533 g/mol. The molecule has 1 aromatic carbocycles. The van der Waals surface area contributed by atoms with Gasteiger partial charge in [0.1, 0.15) is 0 Å². The van der Waals surface area contributed by atoms with E-state index in [1.54, 1.807) is 11.0 Å². The predicted molar refractivity (Wildman–Crippen MR) is 139 cm³/mol. The number of hydrogen-bond donors (Lipinski definition) is 2. The molecule has 2 amide bonds. The standard InChI is InChI=1S/C27H40N4O7/c1-3-4-9-29(11-6-8-28)24(33)16-31-14-19(18-12-21(36-2)26-22(13-18)37-17-38-26)25(27(34)35)20(31)15-30-10-5-7-23(30)32/h12-13,19-20,25H,3-11,14-17,28H2,1-2H3,(H,34,35). The van der Waals surface area contributed by atoms with Gasteiger partial charge in [0.2, 0.25) is 24.4 Å². The van der Waals surface area contributed by atoms with Gasteiger partial charge in [-0.25, -0.2) is 0 Å². The number of likely N-dealkylation sites (tertiary alicyclic amines) is 2. The highest BCUT2D eigenvalue weighted by molar-refractivity contribution is 5.80. The molecular formula is C27H40N4O7. The number of nitrogens with zero attached hydrogens (tertiary/aromatic N) is 3. The molecule has 3 heterocycles. The van der Waals surface area contributed by atoms with Crippen LogP contribution in [-0.2, 0) is 14.4 Å². The molecule has 11 heteroatoms. The first-order valence-electron chi connectivity index (χ1n) is 13.6. The number of carboxylic acid groups (broad SMARTS) is 1. The third-order valence-electron chi connectivity index (χ3n) is 7.83. The zero-order valence-corrected chi connectivity index (χ0v) is 22.4. The Hall–Kier alpha value is -3.05. The quantitative estimate of drug-likeness (QED) is 0.387. The first-order valence-corrected chi connectivity index (χ1v) is 13.6. The number of ether oxygens (including phenoxy) is 3. The molecule has 3 aliphatic heterocycles. The molecule has 0 radical (unpaired) electrons. The Bertz CT molecular complexity index is 1010. The van der Waals surface area contributed by atoms with Crippen LogP contribution >= 0.6 is 0 Å². The van der Waals surface area contributed by atoms with E-state index < -0.39 is 23.8 Å². The second kappa shape index (κ2) is 12.7. The van der Waals surface area contributed by atoms with Crippen molar-refractivity contribution < 1.29 is 33.7 Å². The van der Waals surface area contributed by atoms with E-state index in [1.807, 2.05) is 15.9 Å². The number of aliphatic carboxylic acids is 1. The normalized spacial score (nSPS) is 22.8. The number of methoxy groups -OCH3 is 1. The van der Waals surface area contributed by atoms with Crippen LogP contribution in [0.1, 0.15) is 50.5 Å². The lowest BCUT2D eigenvalue weighted by Gasteiger charge is -2.32. The number of benzene rings is 1. The molecule has 3 atom stereocenters. The number of unbranched alkanes of at least 4 members (excludes halogenated alkanes) is 1. The highest BCUT2D eigenvalue weighted by Crippen LogP contribution is 2.47. The van der Waals surface area contributed by atoms with Crippen molar-refractivity contribution in [2.45, 2.75) is 51.0 Å². The summed E-state index contributed by atoms with van der Waals surface area (Å²) in [7, 11) is 1.53. The number of nitrogens with two attached hydrogens (primary N) is 1. The second-order valence-electron chi connectivity index (χ2n) is 10.2. The van der Waals surface area contributed by atoms with Crippen molar-refractivity contribution in [3.8, 4) is 17.2 Å². The molecule has 0 spiro atoms. The predicted octanol–water partition coefficient (Wildman–Crippen LogP) is 1.49. The van der Waals surface area contributed by atoms with Crippen molar-refractivity contribution in [1.29, 1.82) is 0 Å². The highest BCUT2D eigenvalue weighted by Gasteiger charge is 2.49. The number of carbonyl (C=O) groups is 3. The van der Waals surface area contributed by atoms with Gasteiger partial charge in [-0.3, -0.25) is 19.3 Å². The molecule has 0 aromatic heterocycles. The number of carbonyl (C=O) groups excluding carboxylic acids is 2. The summed E-state index contributed by atoms with van der Waals surface area (Å²) >= 11 is 0. The topological polar surface area (TPSA) is 135 Å². The largest absolute Gasteiger partial charge is 0.493 e. The average Bonchev–Trinajstić information content (AvgIpc) is 3.63. The third kappa shape index (κ3) is 5.99. The summed E-state index contributed by atoms with van der Waals surface area (Å²) in [4.78, 5) is 44.3. The lowest BCUT2D eigenvalue weighted by Crippen LogP contribution is -2.49. The Balaban J connectivity index is 1.64. The second-order valence-corrected chi connectivity index (χ2v) is 10.2. The van der Waals surface area contributed by atoms with Crippen LogP contribution in [-0.4, -0.2) is 103 Å². The number of hydrogen-bond acceptors (Lipinski definition) is 8. The van der Waals surface area contributed by atoms with Crippen molar-refractivity contribution in [3.63, 3.8) is 0 Å². The highest BCUT2D eigenvalue weighted by atomic mass is 16.7. The first kappa shape index (κ1) is 28.0. The fourth-order valence-electron chi connectivity index (χ4n) is 5.81. The Morgan fingerprint density at radius 1 is 1.24 bits per heavy atom. The van der Waals surface area contributed by atoms with Crippen LogP contribution < -0.4 is 19.9 Å². The number of carboxylic acids is 1. The van der Waals surface area contributed by atoms with E-state index in [1.165, 1.54) is 7.11 Å². The zero-order valence-electron chi connectivity index (χ0n) is 22.4. The van der Waals surface area contributed by atoms with Crippen LogP contribution in [0.4, 0.5) is 0 Å². The Labute approximate surface area is 223 Å². The minimum Gasteiger partial charge on any atom is -0.493 e. The fourth-order valence-corrected chi connectivity index (χ4v) is 5.81. The van der Waals surface area contributed by atoms with Gasteiger partial charge in [-0.1, -0.05) is 13.3 Å². The summed E-state index contributed by atoms with van der Waals surface area (Å²) in [6.45, 7) is 5.18. The fraction of sp³-hybridized carbons (Fsp3) is 0.667. The van der Waals surface area contributed by atoms with E-state index >= 15 is 0 Å². The van der Waals surface area contributed by atoms with Crippen molar-refractivity contribution in [1.82, 2.24) is 14.7 Å². The maximum Gasteiger partial charge on any atom is 0.308 e. The SMILES string of the molecule is CCCCN(CCCN)C(=O)CN1CC(c2cc(OC)c3c(c2)OCO3)C(C(=O)O)C1CN1CCCC1=O. The first-order chi connectivity index (χ1) is 18.4. The Kier molecular flexibility index (Phi) is 9.32. The lowest BCUT2D eigenvalue weighted by atomic mass is 9.84. The van der Waals surface area contributed by atoms with E-state index in [2.05, 4.69) is 6.92 Å². The minimum atomic E-state index is -0.954. The maximum atomic E-state index is 13.5. The molecule has 3 aliphatic rings. The molecule has 3 unspecified atom stereocenters. The minimum absolute atomic E-state index is 0.0288. The molecule has 0 aliphatic carbocycles. The van der Waals surface area contributed by atoms with Crippen LogP contribution in [0.25, 0.3) is 0 Å². The molecule has 1 aromatic rings. The number of rotatable bonds is 13. The van der Waals surface area contributed by atoms with E-state index in [9.17, 15) is 19.5 Å². The number of fused-ring (bicyclic) bond motifs is 1. The van der Waals surface area contributed by atoms with E-state index in [4.69, 9.17) is 19.9 Å². The summed E-state index contributed by atoms with van der Waals surface area (Å²) in [5.41, 5.74) is 6.46. The van der Waals surface area contributed by atoms with Crippen LogP contribution in [0.15, 0.2) is 12.1 Å². The van der Waals surface area contributed by atoms with Crippen LogP contribution in [0, 0.1) is 5.92 Å². The molecule has 0 bridgehead atoms. The monoisotopic (exact) mass is 532 g/mol. The molecule has 0 saturated carbocycles. The van der Waals surface area contributed by atoms with E-state index in [0.717, 1.165) is 24.8 Å². The summed E-state index contributed by atoms with van der Waals surface area (Å²) in [5, 5.41) is 10.4. The van der Waals surface area contributed by atoms with Gasteiger partial charge in [0.25, 0.3) is 0 Å². The molecule has 11 nitrogen and oxygen atoms in total. The van der Waals surface area contributed by atoms with Crippen molar-refractivity contribution >= 4 is 17.8 Å². The van der Waals surface area contributed by atoms with Gasteiger partial charge in [0.05, 0.1) is 19.6 Å². The van der Waals surface area contributed by atoms with E-state index in [0.29, 0.717) is 62.8 Å². The van der Waals surface area contributed by atoms with Crippen LogP contribution in [0.5, 0.6) is 17.2 Å². The van der Waals surface area contributed by atoms with Gasteiger partial charge >= 0.3 is 5.97 Å². The van der Waals surface area contributed by atoms with Crippen LogP contribution in [0.3, 0.4) is 0 Å². The van der Waals surface area contributed by atoms with Crippen LogP contribution in [0.2, 0.25) is 0 Å². The molecule has 38 heavy (non-hydrogen) atoms. The van der Waals surface area contributed by atoms with Gasteiger partial charge in [-0.15, -0.1) is 0 Å². The molecule has 4 rings (SSSR count). The van der Waals surface area contributed by atoms with Crippen molar-refractivity contribution in [3.05, 3.63) is 17.7 Å². The summed E-state index contributed by atoms with van der Waals surface area (Å²) in [6, 6.07) is 3.10. The van der Waals surface area contributed by atoms with Gasteiger partial charge in [0, 0.05) is 51.1 Å².